The molecular formula is C7H15ClO2. The highest BCUT2D eigenvalue weighted by Crippen LogP contribution is 2.13. The summed E-state index contributed by atoms with van der Waals surface area (Å²) in [6, 6.07) is 0.235. The lowest BCUT2D eigenvalue weighted by Gasteiger charge is -2.25. The second-order valence-corrected chi connectivity index (χ2v) is 2.68. The Hall–Kier alpha value is 0.210. The van der Waals surface area contributed by atoms with Crippen molar-refractivity contribution in [2.45, 2.75) is 25.9 Å². The van der Waals surface area contributed by atoms with Crippen LogP contribution in [0.15, 0.2) is 0 Å². The molecule has 0 aromatic heterocycles. The molecule has 0 saturated carbocycles. The number of halogens is 1. The Morgan fingerprint density at radius 3 is 2.40 bits per heavy atom. The molecule has 0 bridgehead atoms. The molecule has 0 radical (unpaired) electrons. The van der Waals surface area contributed by atoms with Crippen molar-refractivity contribution in [2.24, 2.45) is 0 Å². The van der Waals surface area contributed by atoms with Crippen molar-refractivity contribution in [3.05, 3.63) is 0 Å². The highest BCUT2D eigenvalue weighted by atomic mass is 35.5. The number of hydrogen-bond acceptors (Lipinski definition) is 2. The minimum absolute atomic E-state index is 0.172. The molecule has 0 aromatic carbocycles. The van der Waals surface area contributed by atoms with E-state index >= 15 is 0 Å². The molecule has 1 atom stereocenters. The van der Waals surface area contributed by atoms with Gasteiger partial charge >= 0.3 is 0 Å². The zero-order valence-electron chi connectivity index (χ0n) is 6.82. The molecule has 0 saturated heterocycles. The fourth-order valence-electron chi connectivity index (χ4n) is 0.560. The third kappa shape index (κ3) is 3.40. The molecular weight excluding hydrogens is 152 g/mol. The molecule has 0 aliphatic heterocycles. The van der Waals surface area contributed by atoms with E-state index in [9.17, 15) is 0 Å². The van der Waals surface area contributed by atoms with Crippen molar-refractivity contribution in [3.63, 3.8) is 0 Å². The van der Waals surface area contributed by atoms with E-state index in [2.05, 4.69) is 6.92 Å². The molecule has 0 amide bonds. The van der Waals surface area contributed by atoms with Crippen LogP contribution in [0.2, 0.25) is 0 Å². The number of methoxy groups -OCH3 is 1. The smallest absolute Gasteiger partial charge is 0.120 e. The first-order valence-corrected chi connectivity index (χ1v) is 3.91. The van der Waals surface area contributed by atoms with Gasteiger partial charge in [0.15, 0.2) is 0 Å². The number of ether oxygens (including phenoxy) is 2. The molecule has 0 spiro atoms. The lowest BCUT2D eigenvalue weighted by Crippen LogP contribution is -2.32. The van der Waals surface area contributed by atoms with Gasteiger partial charge in [-0.05, 0) is 13.3 Å². The molecule has 0 N–H and O–H groups in total. The molecule has 0 fully saturated rings. The average Bonchev–Trinajstić information content (AvgIpc) is 2.00. The summed E-state index contributed by atoms with van der Waals surface area (Å²) in [6.45, 7) is 4.62. The Morgan fingerprint density at radius 2 is 2.10 bits per heavy atom. The molecule has 0 heterocycles. The molecule has 62 valence electrons. The van der Waals surface area contributed by atoms with Gasteiger partial charge in [0, 0.05) is 7.11 Å². The Bertz CT molecular complexity index is 81.7. The zero-order valence-corrected chi connectivity index (χ0v) is 7.57. The second-order valence-electron chi connectivity index (χ2n) is 2.47. The van der Waals surface area contributed by atoms with E-state index in [4.69, 9.17) is 21.1 Å². The quantitative estimate of drug-likeness (QED) is 0.582. The van der Waals surface area contributed by atoms with Gasteiger partial charge in [0.1, 0.15) is 6.07 Å². The van der Waals surface area contributed by atoms with E-state index in [0.29, 0.717) is 6.61 Å². The normalized spacial score (nSPS) is 16.8. The summed E-state index contributed by atoms with van der Waals surface area (Å²) < 4.78 is 10.2. The summed E-state index contributed by atoms with van der Waals surface area (Å²) in [6.07, 6.45) is 0.931. The summed E-state index contributed by atoms with van der Waals surface area (Å²) in [7, 11) is 1.68. The Morgan fingerprint density at radius 1 is 1.50 bits per heavy atom. The van der Waals surface area contributed by atoms with E-state index in [-0.39, 0.29) is 11.7 Å². The highest BCUT2D eigenvalue weighted by molar-refractivity contribution is 6.17. The summed E-state index contributed by atoms with van der Waals surface area (Å²) in [5, 5.41) is 0. The van der Waals surface area contributed by atoms with Gasteiger partial charge in [0.25, 0.3) is 0 Å². The van der Waals surface area contributed by atoms with Gasteiger partial charge < -0.3 is 9.47 Å². The van der Waals surface area contributed by atoms with Crippen LogP contribution < -0.4 is 0 Å². The van der Waals surface area contributed by atoms with Crippen molar-refractivity contribution in [3.8, 4) is 0 Å². The predicted molar refractivity (Wildman–Crippen MR) is 42.4 cm³/mol. The molecule has 10 heavy (non-hydrogen) atoms. The van der Waals surface area contributed by atoms with Crippen LogP contribution >= 0.6 is 11.6 Å². The van der Waals surface area contributed by atoms with Crippen molar-refractivity contribution < 1.29 is 9.47 Å². The molecule has 1 unspecified atom stereocenters. The summed E-state index contributed by atoms with van der Waals surface area (Å²) in [4.78, 5) is 0. The summed E-state index contributed by atoms with van der Waals surface area (Å²) >= 11 is 5.34. The number of hydrogen-bond donors (Lipinski definition) is 0. The van der Waals surface area contributed by atoms with Crippen molar-refractivity contribution in [1.82, 2.24) is 0 Å². The van der Waals surface area contributed by atoms with Crippen molar-refractivity contribution in [1.29, 1.82) is 0 Å². The minimum atomic E-state index is -0.172. The first kappa shape index (κ1) is 10.2. The van der Waals surface area contributed by atoms with Gasteiger partial charge in [-0.1, -0.05) is 18.5 Å². The van der Waals surface area contributed by atoms with Crippen LogP contribution in [0.25, 0.3) is 0 Å². The van der Waals surface area contributed by atoms with Crippen molar-refractivity contribution in [2.75, 3.05) is 19.8 Å². The van der Waals surface area contributed by atoms with E-state index in [1.165, 1.54) is 0 Å². The van der Waals surface area contributed by atoms with Gasteiger partial charge in [-0.3, -0.25) is 0 Å². The van der Waals surface area contributed by atoms with Crippen LogP contribution in [0.5, 0.6) is 0 Å². The number of rotatable bonds is 5. The van der Waals surface area contributed by atoms with Crippen LogP contribution in [-0.2, 0) is 9.47 Å². The summed E-state index contributed by atoms with van der Waals surface area (Å²) in [5.41, 5.74) is -0.172. The third-order valence-corrected chi connectivity index (χ3v) is 1.88. The average molecular weight is 167 g/mol. The maximum Gasteiger partial charge on any atom is 0.120 e. The monoisotopic (exact) mass is 166 g/mol. The van der Waals surface area contributed by atoms with E-state index < -0.39 is 0 Å². The van der Waals surface area contributed by atoms with Gasteiger partial charge in [0.05, 0.1) is 12.2 Å². The second kappa shape index (κ2) is 4.94. The van der Waals surface area contributed by atoms with Crippen LogP contribution in [-0.4, -0.2) is 25.4 Å². The maximum atomic E-state index is 5.34. The van der Waals surface area contributed by atoms with Crippen LogP contribution in [0.3, 0.4) is 0 Å². The first-order valence-electron chi connectivity index (χ1n) is 3.37. The van der Waals surface area contributed by atoms with E-state index in [0.717, 1.165) is 6.42 Å². The van der Waals surface area contributed by atoms with Crippen molar-refractivity contribution >= 4 is 11.6 Å². The van der Waals surface area contributed by atoms with E-state index in [1.54, 1.807) is 7.11 Å². The lowest BCUT2D eigenvalue weighted by atomic mass is 10.1. The predicted octanol–water partition coefficient (Wildman–Crippen LogP) is 2.01. The zero-order chi connectivity index (χ0) is 8.04. The first-order chi connectivity index (χ1) is 4.68. The molecule has 2 nitrogen and oxygen atoms in total. The van der Waals surface area contributed by atoms with Gasteiger partial charge in [-0.15, -0.1) is 0 Å². The summed E-state index contributed by atoms with van der Waals surface area (Å²) in [5.74, 6) is 0. The maximum absolute atomic E-state index is 5.34. The minimum Gasteiger partial charge on any atom is -0.376 e. The highest BCUT2D eigenvalue weighted by Gasteiger charge is 2.20. The Labute approximate surface area is 67.5 Å². The molecule has 0 aliphatic carbocycles. The number of alkyl halides is 1. The largest absolute Gasteiger partial charge is 0.376 e. The molecule has 3 heteroatoms. The fourth-order valence-corrected chi connectivity index (χ4v) is 0.637. The van der Waals surface area contributed by atoms with Gasteiger partial charge in [-0.25, -0.2) is 0 Å². The van der Waals surface area contributed by atoms with Crippen LogP contribution in [0.4, 0.5) is 0 Å². The lowest BCUT2D eigenvalue weighted by molar-refractivity contribution is -0.0565. The van der Waals surface area contributed by atoms with Gasteiger partial charge in [0.2, 0.25) is 0 Å². The van der Waals surface area contributed by atoms with Crippen LogP contribution in [0.1, 0.15) is 20.3 Å². The molecule has 0 aromatic rings. The third-order valence-electron chi connectivity index (χ3n) is 1.73. The standard InChI is InChI=1S/C7H15ClO2/c1-4-7(2,9-3)5-10-6-8/h4-6H2,1-3H3. The SMILES string of the molecule is CCC(C)(COCCl)OC. The van der Waals surface area contributed by atoms with E-state index in [1.807, 2.05) is 6.92 Å². The fraction of sp³-hybridized carbons (Fsp3) is 1.00. The topological polar surface area (TPSA) is 18.5 Å². The van der Waals surface area contributed by atoms with Gasteiger partial charge in [-0.2, -0.15) is 0 Å². The Balaban J connectivity index is 3.58. The Kier molecular flexibility index (Phi) is 5.04. The molecule has 0 aliphatic rings. The van der Waals surface area contributed by atoms with Crippen LogP contribution in [0, 0.1) is 0 Å². The molecule has 0 rings (SSSR count).